The smallest absolute Gasteiger partial charge is 0.123 e. The van der Waals surface area contributed by atoms with Gasteiger partial charge in [0.15, 0.2) is 0 Å². The normalized spacial score (nSPS) is 11.0. The summed E-state index contributed by atoms with van der Waals surface area (Å²) in [6.07, 6.45) is 3.71. The number of hydrogen-bond donors (Lipinski definition) is 1. The minimum absolute atomic E-state index is 0.208. The molecule has 21 heavy (non-hydrogen) atoms. The highest BCUT2D eigenvalue weighted by atomic mass is 19.1. The Morgan fingerprint density at radius 3 is 2.76 bits per heavy atom. The molecule has 0 aliphatic rings. The third-order valence-corrected chi connectivity index (χ3v) is 3.59. The minimum Gasteiger partial charge on any atom is -0.313 e. The Morgan fingerprint density at radius 2 is 1.90 bits per heavy atom. The summed E-state index contributed by atoms with van der Waals surface area (Å²) in [4.78, 5) is 4.32. The van der Waals surface area contributed by atoms with Crippen LogP contribution in [-0.4, -0.2) is 11.5 Å². The molecule has 0 bridgehead atoms. The van der Waals surface area contributed by atoms with E-state index in [1.807, 2.05) is 43.6 Å². The average Bonchev–Trinajstić information content (AvgIpc) is 2.52. The molecule has 3 rings (SSSR count). The molecule has 0 saturated carbocycles. The SMILES string of the molecule is CCNCc1cc(F)ccc1-c1cncc2ccccc12. The van der Waals surface area contributed by atoms with Crippen LogP contribution in [-0.2, 0) is 6.54 Å². The summed E-state index contributed by atoms with van der Waals surface area (Å²) >= 11 is 0. The first-order chi connectivity index (χ1) is 10.3. The zero-order chi connectivity index (χ0) is 14.7. The molecular weight excluding hydrogens is 263 g/mol. The van der Waals surface area contributed by atoms with Crippen molar-refractivity contribution in [2.75, 3.05) is 6.54 Å². The van der Waals surface area contributed by atoms with Gasteiger partial charge in [0, 0.05) is 29.9 Å². The quantitative estimate of drug-likeness (QED) is 0.776. The van der Waals surface area contributed by atoms with E-state index in [4.69, 9.17) is 0 Å². The van der Waals surface area contributed by atoms with Crippen LogP contribution in [0.15, 0.2) is 54.9 Å². The number of fused-ring (bicyclic) bond motifs is 1. The number of hydrogen-bond acceptors (Lipinski definition) is 2. The monoisotopic (exact) mass is 280 g/mol. The second-order valence-corrected chi connectivity index (χ2v) is 4.99. The Labute approximate surface area is 123 Å². The molecule has 1 N–H and O–H groups in total. The average molecular weight is 280 g/mol. The van der Waals surface area contributed by atoms with Gasteiger partial charge < -0.3 is 5.32 Å². The van der Waals surface area contributed by atoms with Crippen molar-refractivity contribution in [1.29, 1.82) is 0 Å². The number of aromatic nitrogens is 1. The van der Waals surface area contributed by atoms with Gasteiger partial charge in [-0.3, -0.25) is 4.98 Å². The molecule has 0 atom stereocenters. The Hall–Kier alpha value is -2.26. The summed E-state index contributed by atoms with van der Waals surface area (Å²) in [7, 11) is 0. The molecule has 106 valence electrons. The van der Waals surface area contributed by atoms with Crippen molar-refractivity contribution in [2.24, 2.45) is 0 Å². The van der Waals surface area contributed by atoms with E-state index in [9.17, 15) is 4.39 Å². The second kappa shape index (κ2) is 6.02. The van der Waals surface area contributed by atoms with Crippen LogP contribution in [0.1, 0.15) is 12.5 Å². The van der Waals surface area contributed by atoms with Crippen molar-refractivity contribution in [3.8, 4) is 11.1 Å². The van der Waals surface area contributed by atoms with Crippen LogP contribution in [0, 0.1) is 5.82 Å². The van der Waals surface area contributed by atoms with Crippen molar-refractivity contribution in [2.45, 2.75) is 13.5 Å². The first-order valence-electron chi connectivity index (χ1n) is 7.12. The fraction of sp³-hybridized carbons (Fsp3) is 0.167. The summed E-state index contributed by atoms with van der Waals surface area (Å²) in [5, 5.41) is 5.49. The zero-order valence-corrected chi connectivity index (χ0v) is 11.9. The van der Waals surface area contributed by atoms with Crippen LogP contribution in [0.3, 0.4) is 0 Å². The van der Waals surface area contributed by atoms with Gasteiger partial charge in [0.1, 0.15) is 5.82 Å². The number of halogens is 1. The maximum absolute atomic E-state index is 13.6. The highest BCUT2D eigenvalue weighted by molar-refractivity contribution is 5.96. The lowest BCUT2D eigenvalue weighted by atomic mass is 9.96. The molecular formula is C18H17FN2. The number of benzene rings is 2. The Balaban J connectivity index is 2.18. The standard InChI is InChI=1S/C18H17FN2/c1-2-20-11-14-9-15(19)7-8-17(14)18-12-21-10-13-5-3-4-6-16(13)18/h3-10,12,20H,2,11H2,1H3. The van der Waals surface area contributed by atoms with Gasteiger partial charge in [-0.1, -0.05) is 37.3 Å². The summed E-state index contributed by atoms with van der Waals surface area (Å²) in [5.74, 6) is -0.208. The van der Waals surface area contributed by atoms with Crippen LogP contribution in [0.4, 0.5) is 4.39 Å². The van der Waals surface area contributed by atoms with Gasteiger partial charge in [0.05, 0.1) is 0 Å². The number of nitrogens with zero attached hydrogens (tertiary/aromatic N) is 1. The van der Waals surface area contributed by atoms with Crippen molar-refractivity contribution < 1.29 is 4.39 Å². The van der Waals surface area contributed by atoms with Gasteiger partial charge in [-0.05, 0) is 35.2 Å². The molecule has 0 fully saturated rings. The molecule has 0 amide bonds. The van der Waals surface area contributed by atoms with E-state index >= 15 is 0 Å². The van der Waals surface area contributed by atoms with E-state index in [0.717, 1.165) is 34.0 Å². The van der Waals surface area contributed by atoms with E-state index in [0.29, 0.717) is 6.54 Å². The zero-order valence-electron chi connectivity index (χ0n) is 11.9. The third kappa shape index (κ3) is 2.78. The van der Waals surface area contributed by atoms with Crippen LogP contribution in [0.5, 0.6) is 0 Å². The summed E-state index contributed by atoms with van der Waals surface area (Å²) in [6.45, 7) is 3.54. The van der Waals surface area contributed by atoms with Crippen LogP contribution in [0.25, 0.3) is 21.9 Å². The molecule has 2 aromatic carbocycles. The van der Waals surface area contributed by atoms with E-state index in [1.165, 1.54) is 6.07 Å². The molecule has 3 heteroatoms. The number of pyridine rings is 1. The Morgan fingerprint density at radius 1 is 1.05 bits per heavy atom. The molecule has 3 aromatic rings. The lowest BCUT2D eigenvalue weighted by molar-refractivity contribution is 0.622. The molecule has 0 spiro atoms. The van der Waals surface area contributed by atoms with Crippen LogP contribution < -0.4 is 5.32 Å². The highest BCUT2D eigenvalue weighted by Crippen LogP contribution is 2.30. The molecule has 2 nitrogen and oxygen atoms in total. The molecule has 1 heterocycles. The highest BCUT2D eigenvalue weighted by Gasteiger charge is 2.10. The van der Waals surface area contributed by atoms with Crippen molar-refractivity contribution >= 4 is 10.8 Å². The predicted octanol–water partition coefficient (Wildman–Crippen LogP) is 4.15. The molecule has 0 radical (unpaired) electrons. The van der Waals surface area contributed by atoms with Gasteiger partial charge in [0.2, 0.25) is 0 Å². The molecule has 0 unspecified atom stereocenters. The maximum Gasteiger partial charge on any atom is 0.123 e. The van der Waals surface area contributed by atoms with E-state index < -0.39 is 0 Å². The Bertz CT molecular complexity index is 763. The van der Waals surface area contributed by atoms with E-state index in [1.54, 1.807) is 6.07 Å². The predicted molar refractivity (Wildman–Crippen MR) is 84.5 cm³/mol. The Kier molecular flexibility index (Phi) is 3.93. The minimum atomic E-state index is -0.208. The topological polar surface area (TPSA) is 24.9 Å². The van der Waals surface area contributed by atoms with Gasteiger partial charge in [-0.15, -0.1) is 0 Å². The summed E-state index contributed by atoms with van der Waals surface area (Å²) in [6, 6.07) is 13.1. The van der Waals surface area contributed by atoms with Gasteiger partial charge in [-0.25, -0.2) is 4.39 Å². The van der Waals surface area contributed by atoms with E-state index in [-0.39, 0.29) is 5.82 Å². The van der Waals surface area contributed by atoms with Crippen molar-refractivity contribution in [3.63, 3.8) is 0 Å². The van der Waals surface area contributed by atoms with Crippen molar-refractivity contribution in [1.82, 2.24) is 10.3 Å². The maximum atomic E-state index is 13.6. The van der Waals surface area contributed by atoms with Gasteiger partial charge in [0.25, 0.3) is 0 Å². The van der Waals surface area contributed by atoms with Crippen LogP contribution in [0.2, 0.25) is 0 Å². The second-order valence-electron chi connectivity index (χ2n) is 4.99. The first-order valence-corrected chi connectivity index (χ1v) is 7.12. The largest absolute Gasteiger partial charge is 0.313 e. The number of nitrogens with one attached hydrogen (secondary N) is 1. The summed E-state index contributed by atoms with van der Waals surface area (Å²) in [5.41, 5.74) is 3.03. The lowest BCUT2D eigenvalue weighted by Gasteiger charge is -2.12. The lowest BCUT2D eigenvalue weighted by Crippen LogP contribution is -2.12. The fourth-order valence-corrected chi connectivity index (χ4v) is 2.56. The molecule has 0 saturated heterocycles. The number of rotatable bonds is 4. The molecule has 1 aromatic heterocycles. The van der Waals surface area contributed by atoms with Gasteiger partial charge >= 0.3 is 0 Å². The van der Waals surface area contributed by atoms with Crippen molar-refractivity contribution in [3.05, 3.63) is 66.2 Å². The first kappa shape index (κ1) is 13.7. The summed E-state index contributed by atoms with van der Waals surface area (Å²) < 4.78 is 13.6. The molecule has 0 aliphatic heterocycles. The van der Waals surface area contributed by atoms with Crippen LogP contribution >= 0.6 is 0 Å². The molecule has 0 aliphatic carbocycles. The fourth-order valence-electron chi connectivity index (χ4n) is 2.56. The third-order valence-electron chi connectivity index (χ3n) is 3.59. The van der Waals surface area contributed by atoms with E-state index in [2.05, 4.69) is 16.4 Å². The van der Waals surface area contributed by atoms with Gasteiger partial charge in [-0.2, -0.15) is 0 Å².